The normalized spacial score (nSPS) is 22.1. The van der Waals surface area contributed by atoms with E-state index in [1.807, 2.05) is 13.8 Å². The molecular formula is C15H26N4O3. The van der Waals surface area contributed by atoms with Crippen molar-refractivity contribution >= 4 is 17.8 Å². The molecule has 3 N–H and O–H groups in total. The van der Waals surface area contributed by atoms with Crippen LogP contribution in [0.2, 0.25) is 0 Å². The lowest BCUT2D eigenvalue weighted by molar-refractivity contribution is -0.139. The Labute approximate surface area is 131 Å². The third-order valence-corrected chi connectivity index (χ3v) is 5.05. The van der Waals surface area contributed by atoms with Crippen LogP contribution in [0, 0.1) is 5.92 Å². The molecule has 2 rings (SSSR count). The molecule has 2 aliphatic heterocycles. The van der Waals surface area contributed by atoms with Crippen LogP contribution in [0.3, 0.4) is 0 Å². The third kappa shape index (κ3) is 2.95. The molecule has 0 aromatic rings. The van der Waals surface area contributed by atoms with E-state index >= 15 is 0 Å². The Morgan fingerprint density at radius 3 is 2.32 bits per heavy atom. The number of imide groups is 1. The van der Waals surface area contributed by atoms with Crippen LogP contribution < -0.4 is 11.1 Å². The summed E-state index contributed by atoms with van der Waals surface area (Å²) in [5.74, 6) is 0.0169. The van der Waals surface area contributed by atoms with Gasteiger partial charge in [-0.15, -0.1) is 0 Å². The second-order valence-electron chi connectivity index (χ2n) is 6.17. The second-order valence-corrected chi connectivity index (χ2v) is 6.17. The van der Waals surface area contributed by atoms with Gasteiger partial charge in [-0.3, -0.25) is 14.5 Å². The van der Waals surface area contributed by atoms with Crippen LogP contribution in [0.5, 0.6) is 0 Å². The highest BCUT2D eigenvalue weighted by Gasteiger charge is 2.49. The summed E-state index contributed by atoms with van der Waals surface area (Å²) in [6.07, 6.45) is 2.83. The number of amides is 4. The predicted octanol–water partition coefficient (Wildman–Crippen LogP) is 0.294. The van der Waals surface area contributed by atoms with Crippen LogP contribution in [0.15, 0.2) is 0 Å². The van der Waals surface area contributed by atoms with Crippen LogP contribution >= 0.6 is 0 Å². The predicted molar refractivity (Wildman–Crippen MR) is 81.9 cm³/mol. The van der Waals surface area contributed by atoms with Crippen molar-refractivity contribution in [1.82, 2.24) is 15.1 Å². The first-order valence-electron chi connectivity index (χ1n) is 8.09. The van der Waals surface area contributed by atoms with E-state index in [-0.39, 0.29) is 18.4 Å². The minimum atomic E-state index is -0.843. The molecule has 7 heteroatoms. The first kappa shape index (κ1) is 16.7. The van der Waals surface area contributed by atoms with Crippen molar-refractivity contribution in [2.45, 2.75) is 45.1 Å². The summed E-state index contributed by atoms with van der Waals surface area (Å²) >= 11 is 0. The van der Waals surface area contributed by atoms with Gasteiger partial charge in [0.25, 0.3) is 5.91 Å². The molecule has 124 valence electrons. The maximum absolute atomic E-state index is 12.5. The average molecular weight is 310 g/mol. The van der Waals surface area contributed by atoms with E-state index in [9.17, 15) is 14.4 Å². The summed E-state index contributed by atoms with van der Waals surface area (Å²) in [6, 6.07) is -0.459. The molecule has 0 radical (unpaired) electrons. The van der Waals surface area contributed by atoms with Crippen LogP contribution in [-0.2, 0) is 9.59 Å². The van der Waals surface area contributed by atoms with E-state index in [1.165, 1.54) is 0 Å². The molecule has 2 fully saturated rings. The Morgan fingerprint density at radius 1 is 1.27 bits per heavy atom. The summed E-state index contributed by atoms with van der Waals surface area (Å²) in [5, 5.41) is 2.74. The Hall–Kier alpha value is -1.63. The number of hydrogen-bond donors (Lipinski definition) is 2. The van der Waals surface area contributed by atoms with Gasteiger partial charge in [0, 0.05) is 13.1 Å². The smallest absolute Gasteiger partial charge is 0.325 e. The maximum atomic E-state index is 12.5. The molecule has 7 nitrogen and oxygen atoms in total. The van der Waals surface area contributed by atoms with Crippen molar-refractivity contribution < 1.29 is 14.4 Å². The van der Waals surface area contributed by atoms with Gasteiger partial charge in [0.1, 0.15) is 12.1 Å². The summed E-state index contributed by atoms with van der Waals surface area (Å²) in [7, 11) is 0. The number of rotatable bonds is 5. The van der Waals surface area contributed by atoms with Crippen LogP contribution in [0.1, 0.15) is 39.5 Å². The van der Waals surface area contributed by atoms with Crippen molar-refractivity contribution in [1.29, 1.82) is 0 Å². The van der Waals surface area contributed by atoms with Crippen molar-refractivity contribution in [2.24, 2.45) is 11.7 Å². The number of hydrogen-bond acceptors (Lipinski definition) is 4. The molecule has 2 saturated heterocycles. The van der Waals surface area contributed by atoms with E-state index in [2.05, 4.69) is 5.32 Å². The first-order valence-corrected chi connectivity index (χ1v) is 8.09. The highest BCUT2D eigenvalue weighted by molar-refractivity contribution is 6.08. The minimum Gasteiger partial charge on any atom is -0.341 e. The number of nitrogens with zero attached hydrogens (tertiary/aromatic N) is 2. The molecule has 0 aromatic heterocycles. The van der Waals surface area contributed by atoms with Gasteiger partial charge in [0.2, 0.25) is 5.91 Å². The topological polar surface area (TPSA) is 95.7 Å². The molecule has 0 aliphatic carbocycles. The molecule has 0 unspecified atom stereocenters. The number of carbonyl (C=O) groups is 3. The number of piperidine rings is 1. The number of nitrogens with two attached hydrogens (primary N) is 1. The van der Waals surface area contributed by atoms with Gasteiger partial charge in [0.15, 0.2) is 0 Å². The van der Waals surface area contributed by atoms with Crippen LogP contribution in [-0.4, -0.2) is 59.4 Å². The van der Waals surface area contributed by atoms with Crippen molar-refractivity contribution in [3.05, 3.63) is 0 Å². The monoisotopic (exact) mass is 310 g/mol. The quantitative estimate of drug-likeness (QED) is 0.714. The molecule has 2 heterocycles. The van der Waals surface area contributed by atoms with Gasteiger partial charge < -0.3 is 16.0 Å². The lowest BCUT2D eigenvalue weighted by atomic mass is 9.93. The molecule has 0 spiro atoms. The van der Waals surface area contributed by atoms with Gasteiger partial charge in [0.05, 0.1) is 0 Å². The summed E-state index contributed by atoms with van der Waals surface area (Å²) in [5.41, 5.74) is 4.80. The molecular weight excluding hydrogens is 284 g/mol. The zero-order valence-electron chi connectivity index (χ0n) is 13.4. The summed E-state index contributed by atoms with van der Waals surface area (Å²) in [6.45, 7) is 5.51. The largest absolute Gasteiger partial charge is 0.341 e. The molecule has 2 aliphatic rings. The van der Waals surface area contributed by atoms with Gasteiger partial charge in [-0.05, 0) is 38.1 Å². The Bertz CT molecular complexity index is 454. The summed E-state index contributed by atoms with van der Waals surface area (Å²) in [4.78, 5) is 39.6. The van der Waals surface area contributed by atoms with Crippen LogP contribution in [0.25, 0.3) is 0 Å². The maximum Gasteiger partial charge on any atom is 0.325 e. The van der Waals surface area contributed by atoms with E-state index in [0.717, 1.165) is 17.7 Å². The Kier molecular flexibility index (Phi) is 5.05. The zero-order valence-corrected chi connectivity index (χ0v) is 13.4. The molecule has 22 heavy (non-hydrogen) atoms. The first-order chi connectivity index (χ1) is 10.5. The average Bonchev–Trinajstić information content (AvgIpc) is 2.79. The lowest BCUT2D eigenvalue weighted by Gasteiger charge is -2.32. The molecule has 4 amide bonds. The van der Waals surface area contributed by atoms with E-state index in [4.69, 9.17) is 5.73 Å². The highest BCUT2D eigenvalue weighted by atomic mass is 16.2. The van der Waals surface area contributed by atoms with Crippen molar-refractivity contribution in [3.8, 4) is 0 Å². The minimum absolute atomic E-state index is 0.165. The second kappa shape index (κ2) is 6.64. The summed E-state index contributed by atoms with van der Waals surface area (Å²) < 4.78 is 0. The highest BCUT2D eigenvalue weighted by Crippen LogP contribution is 2.25. The Morgan fingerprint density at radius 2 is 1.86 bits per heavy atom. The number of urea groups is 1. The van der Waals surface area contributed by atoms with Gasteiger partial charge >= 0.3 is 6.03 Å². The Balaban J connectivity index is 1.97. The fourth-order valence-corrected chi connectivity index (χ4v) is 3.20. The lowest BCUT2D eigenvalue weighted by Crippen LogP contribution is -2.48. The molecule has 0 bridgehead atoms. The van der Waals surface area contributed by atoms with E-state index in [1.54, 1.807) is 4.90 Å². The van der Waals surface area contributed by atoms with Gasteiger partial charge in [-0.25, -0.2) is 4.79 Å². The third-order valence-electron chi connectivity index (χ3n) is 5.05. The molecule has 0 atom stereocenters. The molecule has 0 aromatic carbocycles. The van der Waals surface area contributed by atoms with Crippen molar-refractivity contribution in [3.63, 3.8) is 0 Å². The zero-order chi connectivity index (χ0) is 16.3. The van der Waals surface area contributed by atoms with E-state index in [0.29, 0.717) is 38.4 Å². The van der Waals surface area contributed by atoms with E-state index < -0.39 is 11.6 Å². The van der Waals surface area contributed by atoms with Crippen LogP contribution in [0.4, 0.5) is 4.79 Å². The number of nitrogens with one attached hydrogen (secondary N) is 1. The fourth-order valence-electron chi connectivity index (χ4n) is 3.20. The molecule has 0 saturated carbocycles. The van der Waals surface area contributed by atoms with Gasteiger partial charge in [-0.1, -0.05) is 13.8 Å². The number of likely N-dealkylation sites (tertiary alicyclic amines) is 1. The van der Waals surface area contributed by atoms with Crippen molar-refractivity contribution in [2.75, 3.05) is 26.2 Å². The number of carbonyl (C=O) groups excluding carboxylic acids is 3. The van der Waals surface area contributed by atoms with Gasteiger partial charge in [-0.2, -0.15) is 0 Å². The fraction of sp³-hybridized carbons (Fsp3) is 0.800. The SMILES string of the molecule is CCC1(CC)NC(=O)N(CC(=O)N2CCC(CN)CC2)C1=O. The standard InChI is InChI=1S/C15H26N4O3/c1-3-15(4-2)13(21)19(14(22)17-15)10-12(20)18-7-5-11(9-16)6-8-18/h11H,3-10,16H2,1-2H3,(H,17,22).